The maximum absolute atomic E-state index is 12.1. The van der Waals surface area contributed by atoms with Crippen LogP contribution in [0.3, 0.4) is 0 Å². The van der Waals surface area contributed by atoms with Gasteiger partial charge in [-0.2, -0.15) is 0 Å². The number of thiophene rings is 1. The van der Waals surface area contributed by atoms with Crippen LogP contribution in [0.25, 0.3) is 0 Å². The average molecular weight is 302 g/mol. The van der Waals surface area contributed by atoms with E-state index in [-0.39, 0.29) is 18.1 Å². The van der Waals surface area contributed by atoms with Crippen molar-refractivity contribution in [2.45, 2.75) is 39.8 Å². The SMILES string of the molecule is Cc1cc([C@H](C)NC(=O)N[C@@H](C)c2ccccc2)c(C)s1. The second kappa shape index (κ2) is 6.76. The summed E-state index contributed by atoms with van der Waals surface area (Å²) in [5, 5.41) is 5.98. The Hall–Kier alpha value is -1.81. The van der Waals surface area contributed by atoms with E-state index in [1.165, 1.54) is 15.3 Å². The van der Waals surface area contributed by atoms with E-state index in [2.05, 4.69) is 30.5 Å². The van der Waals surface area contributed by atoms with Gasteiger partial charge in [0.05, 0.1) is 12.1 Å². The van der Waals surface area contributed by atoms with Gasteiger partial charge in [0, 0.05) is 9.75 Å². The van der Waals surface area contributed by atoms with Crippen molar-refractivity contribution in [3.8, 4) is 0 Å². The van der Waals surface area contributed by atoms with Gasteiger partial charge in [-0.25, -0.2) is 4.79 Å². The fraction of sp³-hybridized carbons (Fsp3) is 0.353. The van der Waals surface area contributed by atoms with E-state index in [4.69, 9.17) is 0 Å². The predicted molar refractivity (Wildman–Crippen MR) is 88.7 cm³/mol. The maximum atomic E-state index is 12.1. The molecule has 0 saturated heterocycles. The summed E-state index contributed by atoms with van der Waals surface area (Å²) < 4.78 is 0. The maximum Gasteiger partial charge on any atom is 0.315 e. The lowest BCUT2D eigenvalue weighted by Crippen LogP contribution is -2.38. The summed E-state index contributed by atoms with van der Waals surface area (Å²) in [6.45, 7) is 8.18. The Kier molecular flexibility index (Phi) is 5.02. The number of benzene rings is 1. The summed E-state index contributed by atoms with van der Waals surface area (Å²) in [4.78, 5) is 14.6. The van der Waals surface area contributed by atoms with E-state index in [1.54, 1.807) is 11.3 Å². The minimum absolute atomic E-state index is 0.0105. The van der Waals surface area contributed by atoms with E-state index in [1.807, 2.05) is 44.2 Å². The van der Waals surface area contributed by atoms with E-state index in [9.17, 15) is 4.79 Å². The van der Waals surface area contributed by atoms with Gasteiger partial charge in [0.1, 0.15) is 0 Å². The fourth-order valence-electron chi connectivity index (χ4n) is 2.42. The first-order chi connectivity index (χ1) is 9.97. The van der Waals surface area contributed by atoms with Crippen molar-refractivity contribution >= 4 is 17.4 Å². The lowest BCUT2D eigenvalue weighted by atomic mass is 10.1. The molecule has 0 bridgehead atoms. The standard InChI is InChI=1S/C17H22N2OS/c1-11-10-16(14(4)21-11)13(3)19-17(20)18-12(2)15-8-6-5-7-9-15/h5-10,12-13H,1-4H3,(H2,18,19,20)/t12-,13-/m0/s1. The summed E-state index contributed by atoms with van der Waals surface area (Å²) in [7, 11) is 0. The van der Waals surface area contributed by atoms with Crippen molar-refractivity contribution in [2.75, 3.05) is 0 Å². The molecule has 0 aliphatic rings. The van der Waals surface area contributed by atoms with E-state index >= 15 is 0 Å². The number of nitrogens with one attached hydrogen (secondary N) is 2. The molecule has 0 fully saturated rings. The van der Waals surface area contributed by atoms with E-state index < -0.39 is 0 Å². The van der Waals surface area contributed by atoms with Crippen molar-refractivity contribution in [3.05, 3.63) is 57.3 Å². The molecule has 2 aromatic rings. The van der Waals surface area contributed by atoms with Crippen molar-refractivity contribution in [1.82, 2.24) is 10.6 Å². The van der Waals surface area contributed by atoms with Crippen LogP contribution in [0.2, 0.25) is 0 Å². The summed E-state index contributed by atoms with van der Waals surface area (Å²) in [6, 6.07) is 12.0. The minimum atomic E-state index is -0.137. The Labute approximate surface area is 130 Å². The first kappa shape index (κ1) is 15.6. The van der Waals surface area contributed by atoms with Crippen LogP contribution in [0, 0.1) is 13.8 Å². The molecule has 0 unspecified atom stereocenters. The molecule has 21 heavy (non-hydrogen) atoms. The number of rotatable bonds is 4. The highest BCUT2D eigenvalue weighted by atomic mass is 32.1. The van der Waals surface area contributed by atoms with Crippen molar-refractivity contribution < 1.29 is 4.79 Å². The van der Waals surface area contributed by atoms with Crippen LogP contribution >= 0.6 is 11.3 Å². The predicted octanol–water partition coefficient (Wildman–Crippen LogP) is 4.49. The number of amides is 2. The molecule has 3 nitrogen and oxygen atoms in total. The number of hydrogen-bond donors (Lipinski definition) is 2. The zero-order valence-electron chi connectivity index (χ0n) is 12.9. The molecule has 0 radical (unpaired) electrons. The number of urea groups is 1. The molecule has 2 N–H and O–H groups in total. The third kappa shape index (κ3) is 4.08. The third-order valence-electron chi connectivity index (χ3n) is 3.54. The van der Waals surface area contributed by atoms with Gasteiger partial charge in [0.2, 0.25) is 0 Å². The van der Waals surface area contributed by atoms with Crippen LogP contribution in [-0.4, -0.2) is 6.03 Å². The number of carbonyl (C=O) groups is 1. The van der Waals surface area contributed by atoms with Crippen LogP contribution in [0.1, 0.15) is 46.8 Å². The lowest BCUT2D eigenvalue weighted by molar-refractivity contribution is 0.235. The molecule has 1 aromatic heterocycles. The van der Waals surface area contributed by atoms with Gasteiger partial charge < -0.3 is 10.6 Å². The van der Waals surface area contributed by atoms with Gasteiger partial charge >= 0.3 is 6.03 Å². The largest absolute Gasteiger partial charge is 0.332 e. The van der Waals surface area contributed by atoms with Gasteiger partial charge in [0.15, 0.2) is 0 Å². The first-order valence-electron chi connectivity index (χ1n) is 7.16. The molecule has 4 heteroatoms. The van der Waals surface area contributed by atoms with Gasteiger partial charge in [0.25, 0.3) is 0 Å². The summed E-state index contributed by atoms with van der Waals surface area (Å²) in [5.74, 6) is 0. The van der Waals surface area contributed by atoms with Crippen LogP contribution in [-0.2, 0) is 0 Å². The molecule has 2 rings (SSSR count). The Balaban J connectivity index is 1.94. The Morgan fingerprint density at radius 2 is 1.67 bits per heavy atom. The van der Waals surface area contributed by atoms with Crippen molar-refractivity contribution in [2.24, 2.45) is 0 Å². The van der Waals surface area contributed by atoms with Gasteiger partial charge in [-0.1, -0.05) is 30.3 Å². The zero-order chi connectivity index (χ0) is 15.4. The second-order valence-electron chi connectivity index (χ2n) is 5.34. The molecule has 0 spiro atoms. The Morgan fingerprint density at radius 1 is 1.05 bits per heavy atom. The van der Waals surface area contributed by atoms with Crippen molar-refractivity contribution in [1.29, 1.82) is 0 Å². The quantitative estimate of drug-likeness (QED) is 0.858. The Bertz CT molecular complexity index is 607. The topological polar surface area (TPSA) is 41.1 Å². The molecule has 0 aliphatic carbocycles. The normalized spacial score (nSPS) is 13.5. The first-order valence-corrected chi connectivity index (χ1v) is 7.98. The van der Waals surface area contributed by atoms with Gasteiger partial charge in [-0.15, -0.1) is 11.3 Å². The monoisotopic (exact) mass is 302 g/mol. The van der Waals surface area contributed by atoms with E-state index in [0.29, 0.717) is 0 Å². The molecular formula is C17H22N2OS. The molecule has 1 heterocycles. The van der Waals surface area contributed by atoms with Crippen LogP contribution < -0.4 is 10.6 Å². The van der Waals surface area contributed by atoms with Crippen molar-refractivity contribution in [3.63, 3.8) is 0 Å². The van der Waals surface area contributed by atoms with Gasteiger partial charge in [-0.3, -0.25) is 0 Å². The molecule has 2 amide bonds. The molecule has 0 aliphatic heterocycles. The lowest BCUT2D eigenvalue weighted by Gasteiger charge is -2.18. The van der Waals surface area contributed by atoms with Gasteiger partial charge in [-0.05, 0) is 44.9 Å². The summed E-state index contributed by atoms with van der Waals surface area (Å²) >= 11 is 1.76. The molecule has 2 atom stereocenters. The van der Waals surface area contributed by atoms with Crippen LogP contribution in [0.5, 0.6) is 0 Å². The summed E-state index contributed by atoms with van der Waals surface area (Å²) in [5.41, 5.74) is 2.29. The second-order valence-corrected chi connectivity index (χ2v) is 6.80. The van der Waals surface area contributed by atoms with Crippen LogP contribution in [0.4, 0.5) is 4.79 Å². The number of hydrogen-bond acceptors (Lipinski definition) is 2. The van der Waals surface area contributed by atoms with E-state index in [0.717, 1.165) is 5.56 Å². The smallest absolute Gasteiger partial charge is 0.315 e. The summed E-state index contributed by atoms with van der Waals surface area (Å²) in [6.07, 6.45) is 0. The molecule has 112 valence electrons. The fourth-order valence-corrected chi connectivity index (χ4v) is 3.44. The molecule has 1 aromatic carbocycles. The number of aryl methyl sites for hydroxylation is 2. The average Bonchev–Trinajstić information content (AvgIpc) is 2.78. The zero-order valence-corrected chi connectivity index (χ0v) is 13.8. The Morgan fingerprint density at radius 3 is 2.24 bits per heavy atom. The third-order valence-corrected chi connectivity index (χ3v) is 4.52. The van der Waals surface area contributed by atoms with Crippen LogP contribution in [0.15, 0.2) is 36.4 Å². The number of carbonyl (C=O) groups excluding carboxylic acids is 1. The minimum Gasteiger partial charge on any atom is -0.332 e. The molecule has 0 saturated carbocycles. The molecular weight excluding hydrogens is 280 g/mol. The highest BCUT2D eigenvalue weighted by Crippen LogP contribution is 2.26. The highest BCUT2D eigenvalue weighted by molar-refractivity contribution is 7.12. The highest BCUT2D eigenvalue weighted by Gasteiger charge is 2.15.